The molecule has 1 N–H and O–H groups in total. The van der Waals surface area contributed by atoms with Crippen LogP contribution in [0, 0.1) is 0 Å². The average molecular weight is 308 g/mol. The fourth-order valence-corrected chi connectivity index (χ4v) is 2.23. The number of ether oxygens (including phenoxy) is 2. The molecule has 0 saturated heterocycles. The van der Waals surface area contributed by atoms with Crippen LogP contribution in [0.3, 0.4) is 0 Å². The van der Waals surface area contributed by atoms with E-state index < -0.39 is 5.60 Å². The van der Waals surface area contributed by atoms with Crippen molar-refractivity contribution in [1.29, 1.82) is 0 Å². The number of hydrogen-bond acceptors (Lipinski definition) is 4. The lowest BCUT2D eigenvalue weighted by Gasteiger charge is -2.28. The first kappa shape index (κ1) is 18.4. The number of aromatic nitrogens is 1. The third kappa shape index (κ3) is 5.64. The van der Waals surface area contributed by atoms with Crippen LogP contribution in [0.2, 0.25) is 0 Å². The van der Waals surface area contributed by atoms with E-state index in [1.807, 2.05) is 20.8 Å². The highest BCUT2D eigenvalue weighted by molar-refractivity contribution is 5.96. The lowest BCUT2D eigenvalue weighted by molar-refractivity contribution is -0.139. The van der Waals surface area contributed by atoms with Crippen molar-refractivity contribution in [3.63, 3.8) is 0 Å². The standard InChI is InChI=1S/C17H28N2O3/c1-5-8-9-12-17(4,22-7-3)16(20)19-14-10-11-15(18-13-14)21-6-2/h10-11,13H,5-9,12H2,1-4H3,(H,19,20). The zero-order valence-corrected chi connectivity index (χ0v) is 14.1. The molecule has 22 heavy (non-hydrogen) atoms. The number of nitrogens with one attached hydrogen (secondary N) is 1. The van der Waals surface area contributed by atoms with Crippen molar-refractivity contribution in [2.45, 2.75) is 59.0 Å². The van der Waals surface area contributed by atoms with Gasteiger partial charge in [0.25, 0.3) is 5.91 Å². The van der Waals surface area contributed by atoms with E-state index in [9.17, 15) is 4.79 Å². The molecule has 1 aromatic heterocycles. The van der Waals surface area contributed by atoms with E-state index in [1.54, 1.807) is 18.3 Å². The van der Waals surface area contributed by atoms with Crippen molar-refractivity contribution in [2.75, 3.05) is 18.5 Å². The first-order chi connectivity index (χ1) is 10.6. The molecular formula is C17H28N2O3. The molecule has 0 aliphatic carbocycles. The molecule has 5 nitrogen and oxygen atoms in total. The molecule has 0 spiro atoms. The van der Waals surface area contributed by atoms with Crippen molar-refractivity contribution >= 4 is 11.6 Å². The molecule has 0 fully saturated rings. The van der Waals surface area contributed by atoms with Crippen molar-refractivity contribution in [2.24, 2.45) is 0 Å². The maximum atomic E-state index is 12.5. The summed E-state index contributed by atoms with van der Waals surface area (Å²) in [7, 11) is 0. The summed E-state index contributed by atoms with van der Waals surface area (Å²) in [6.45, 7) is 8.88. The molecule has 0 aromatic carbocycles. The zero-order valence-electron chi connectivity index (χ0n) is 14.1. The van der Waals surface area contributed by atoms with Gasteiger partial charge in [0.1, 0.15) is 5.60 Å². The highest BCUT2D eigenvalue weighted by Gasteiger charge is 2.33. The van der Waals surface area contributed by atoms with Gasteiger partial charge in [0.2, 0.25) is 5.88 Å². The fourth-order valence-electron chi connectivity index (χ4n) is 2.23. The Kier molecular flexibility index (Phi) is 7.88. The van der Waals surface area contributed by atoms with E-state index in [-0.39, 0.29) is 5.91 Å². The summed E-state index contributed by atoms with van der Waals surface area (Å²) in [6, 6.07) is 3.53. The monoisotopic (exact) mass is 308 g/mol. The van der Waals surface area contributed by atoms with Crippen LogP contribution in [0.1, 0.15) is 53.4 Å². The fraction of sp³-hybridized carbons (Fsp3) is 0.647. The Morgan fingerprint density at radius 1 is 1.23 bits per heavy atom. The van der Waals surface area contributed by atoms with Crippen molar-refractivity contribution in [1.82, 2.24) is 4.98 Å². The zero-order chi connectivity index (χ0) is 16.4. The van der Waals surface area contributed by atoms with Gasteiger partial charge in [0, 0.05) is 12.7 Å². The summed E-state index contributed by atoms with van der Waals surface area (Å²) in [6.07, 6.45) is 5.50. The van der Waals surface area contributed by atoms with Gasteiger partial charge in [-0.2, -0.15) is 0 Å². The van der Waals surface area contributed by atoms with E-state index in [0.717, 1.165) is 19.3 Å². The summed E-state index contributed by atoms with van der Waals surface area (Å²) in [5.41, 5.74) is -0.155. The Bertz CT molecular complexity index is 448. The van der Waals surface area contributed by atoms with Crippen LogP contribution in [0.25, 0.3) is 0 Å². The topological polar surface area (TPSA) is 60.5 Å². The Balaban J connectivity index is 2.68. The summed E-state index contributed by atoms with van der Waals surface area (Å²) in [4.78, 5) is 16.7. The average Bonchev–Trinajstić information content (AvgIpc) is 2.50. The number of rotatable bonds is 10. The number of carbonyl (C=O) groups excluding carboxylic acids is 1. The molecule has 0 aliphatic heterocycles. The normalized spacial score (nSPS) is 13.5. The van der Waals surface area contributed by atoms with Gasteiger partial charge < -0.3 is 14.8 Å². The SMILES string of the molecule is CCCCCC(C)(OCC)C(=O)Nc1ccc(OCC)nc1. The van der Waals surface area contributed by atoms with Gasteiger partial charge in [-0.3, -0.25) is 4.79 Å². The van der Waals surface area contributed by atoms with Gasteiger partial charge in [0.15, 0.2) is 0 Å². The number of amides is 1. The Labute approximate surface area is 133 Å². The second-order valence-corrected chi connectivity index (χ2v) is 5.39. The molecule has 5 heteroatoms. The second kappa shape index (κ2) is 9.41. The maximum Gasteiger partial charge on any atom is 0.256 e. The van der Waals surface area contributed by atoms with Crippen LogP contribution in [-0.4, -0.2) is 29.7 Å². The molecule has 0 aliphatic rings. The summed E-state index contributed by atoms with van der Waals surface area (Å²) in [5, 5.41) is 2.88. The molecule has 1 unspecified atom stereocenters. The molecule has 1 rings (SSSR count). The van der Waals surface area contributed by atoms with Crippen LogP contribution in [0.15, 0.2) is 18.3 Å². The lowest BCUT2D eigenvalue weighted by Crippen LogP contribution is -2.42. The molecule has 124 valence electrons. The summed E-state index contributed by atoms with van der Waals surface area (Å²) in [5.74, 6) is 0.424. The van der Waals surface area contributed by atoms with E-state index in [0.29, 0.717) is 31.2 Å². The largest absolute Gasteiger partial charge is 0.478 e. The van der Waals surface area contributed by atoms with Crippen molar-refractivity contribution in [3.05, 3.63) is 18.3 Å². The van der Waals surface area contributed by atoms with E-state index in [4.69, 9.17) is 9.47 Å². The van der Waals surface area contributed by atoms with Gasteiger partial charge in [-0.05, 0) is 33.3 Å². The van der Waals surface area contributed by atoms with Gasteiger partial charge in [-0.1, -0.05) is 26.2 Å². The van der Waals surface area contributed by atoms with Gasteiger partial charge in [-0.15, -0.1) is 0 Å². The van der Waals surface area contributed by atoms with Gasteiger partial charge in [-0.25, -0.2) is 4.98 Å². The quantitative estimate of drug-likeness (QED) is 0.668. The molecule has 1 aromatic rings. The molecule has 1 heterocycles. The highest BCUT2D eigenvalue weighted by Crippen LogP contribution is 2.22. The first-order valence-electron chi connectivity index (χ1n) is 8.10. The van der Waals surface area contributed by atoms with Crippen LogP contribution in [0.4, 0.5) is 5.69 Å². The van der Waals surface area contributed by atoms with Crippen LogP contribution in [0.5, 0.6) is 5.88 Å². The minimum absolute atomic E-state index is 0.128. The number of anilines is 1. The highest BCUT2D eigenvalue weighted by atomic mass is 16.5. The van der Waals surface area contributed by atoms with Crippen molar-refractivity contribution < 1.29 is 14.3 Å². The first-order valence-corrected chi connectivity index (χ1v) is 8.10. The van der Waals surface area contributed by atoms with E-state index >= 15 is 0 Å². The number of hydrogen-bond donors (Lipinski definition) is 1. The van der Waals surface area contributed by atoms with Gasteiger partial charge >= 0.3 is 0 Å². The molecule has 0 saturated carbocycles. The van der Waals surface area contributed by atoms with E-state index in [2.05, 4.69) is 17.2 Å². The third-order valence-corrected chi connectivity index (χ3v) is 3.49. The minimum Gasteiger partial charge on any atom is -0.478 e. The lowest BCUT2D eigenvalue weighted by atomic mass is 9.96. The molecule has 0 bridgehead atoms. The Hall–Kier alpha value is -1.62. The number of nitrogens with zero attached hydrogens (tertiary/aromatic N) is 1. The molecule has 1 atom stereocenters. The Morgan fingerprint density at radius 2 is 2.00 bits per heavy atom. The molecule has 0 radical (unpaired) electrons. The molecule has 1 amide bonds. The van der Waals surface area contributed by atoms with Crippen molar-refractivity contribution in [3.8, 4) is 5.88 Å². The molecular weight excluding hydrogens is 280 g/mol. The predicted molar refractivity (Wildman–Crippen MR) is 88.2 cm³/mol. The van der Waals surface area contributed by atoms with Crippen LogP contribution in [-0.2, 0) is 9.53 Å². The van der Waals surface area contributed by atoms with Crippen LogP contribution >= 0.6 is 0 Å². The number of unbranched alkanes of at least 4 members (excludes halogenated alkanes) is 2. The summed E-state index contributed by atoms with van der Waals surface area (Å²) < 4.78 is 11.0. The number of pyridine rings is 1. The van der Waals surface area contributed by atoms with E-state index in [1.165, 1.54) is 0 Å². The number of carbonyl (C=O) groups is 1. The Morgan fingerprint density at radius 3 is 2.55 bits per heavy atom. The van der Waals surface area contributed by atoms with Gasteiger partial charge in [0.05, 0.1) is 18.5 Å². The summed E-state index contributed by atoms with van der Waals surface area (Å²) >= 11 is 0. The second-order valence-electron chi connectivity index (χ2n) is 5.39. The third-order valence-electron chi connectivity index (χ3n) is 3.49. The minimum atomic E-state index is -0.803. The maximum absolute atomic E-state index is 12.5. The van der Waals surface area contributed by atoms with Crippen LogP contribution < -0.4 is 10.1 Å². The predicted octanol–water partition coefficient (Wildman–Crippen LogP) is 3.79. The smallest absolute Gasteiger partial charge is 0.256 e.